The molecule has 0 fully saturated rings. The van der Waals surface area contributed by atoms with Crippen LogP contribution in [0.4, 0.5) is 10.5 Å². The van der Waals surface area contributed by atoms with Gasteiger partial charge in [0.1, 0.15) is 6.61 Å². The maximum Gasteiger partial charge on any atom is 0.407 e. The number of carbonyl (C=O) groups excluding carboxylic acids is 1. The Balaban J connectivity index is 1.35. The Hall–Kier alpha value is -4.15. The van der Waals surface area contributed by atoms with Crippen LogP contribution < -0.4 is 5.32 Å². The smallest absolute Gasteiger partial charge is 0.407 e. The Morgan fingerprint density at radius 3 is 2.34 bits per heavy atom. The largest absolute Gasteiger partial charge is 0.449 e. The highest BCUT2D eigenvalue weighted by Crippen LogP contribution is 2.44. The summed E-state index contributed by atoms with van der Waals surface area (Å²) in [6, 6.07) is 20.5. The van der Waals surface area contributed by atoms with Crippen molar-refractivity contribution < 1.29 is 19.6 Å². The number of hydrogen-bond acceptors (Lipinski definition) is 5. The third-order valence-corrected chi connectivity index (χ3v) is 5.35. The molecule has 0 atom stereocenters. The van der Waals surface area contributed by atoms with Gasteiger partial charge in [0, 0.05) is 17.5 Å². The Bertz CT molecular complexity index is 1200. The van der Waals surface area contributed by atoms with E-state index in [9.17, 15) is 14.9 Å². The van der Waals surface area contributed by atoms with Gasteiger partial charge in [0.05, 0.1) is 23.6 Å². The van der Waals surface area contributed by atoms with Crippen LogP contribution in [0.5, 0.6) is 0 Å². The Morgan fingerprint density at radius 1 is 1.06 bits per heavy atom. The molecular weight excluding hydrogens is 408 g/mol. The maximum atomic E-state index is 12.1. The first-order valence-electron chi connectivity index (χ1n) is 10.0. The maximum absolute atomic E-state index is 12.1. The molecule has 0 saturated carbocycles. The van der Waals surface area contributed by atoms with E-state index in [1.54, 1.807) is 6.07 Å². The summed E-state index contributed by atoms with van der Waals surface area (Å²) in [7, 11) is 0. The van der Waals surface area contributed by atoms with E-state index < -0.39 is 17.6 Å². The van der Waals surface area contributed by atoms with Gasteiger partial charge in [-0.15, -0.1) is 0 Å². The third kappa shape index (κ3) is 4.31. The first-order chi connectivity index (χ1) is 15.6. The molecule has 0 heterocycles. The first-order valence-corrected chi connectivity index (χ1v) is 10.0. The van der Waals surface area contributed by atoms with Crippen molar-refractivity contribution in [1.82, 2.24) is 5.32 Å². The van der Waals surface area contributed by atoms with Gasteiger partial charge in [-0.05, 0) is 34.4 Å². The number of benzene rings is 3. The molecule has 0 aromatic heterocycles. The van der Waals surface area contributed by atoms with E-state index in [-0.39, 0.29) is 30.3 Å². The molecule has 0 saturated heterocycles. The highest BCUT2D eigenvalue weighted by atomic mass is 16.6. The molecule has 1 aliphatic rings. The van der Waals surface area contributed by atoms with Gasteiger partial charge < -0.3 is 15.2 Å². The predicted octanol–water partition coefficient (Wildman–Crippen LogP) is 3.98. The number of rotatable bonds is 5. The normalized spacial score (nSPS) is 11.7. The molecule has 0 aliphatic heterocycles. The van der Waals surface area contributed by atoms with E-state index in [4.69, 9.17) is 9.84 Å². The summed E-state index contributed by atoms with van der Waals surface area (Å²) in [5.74, 6) is 5.49. The number of hydrogen-bond donors (Lipinski definition) is 2. The van der Waals surface area contributed by atoms with Crippen LogP contribution in [0.2, 0.25) is 0 Å². The summed E-state index contributed by atoms with van der Waals surface area (Å²) in [6.45, 7) is -0.179. The number of nitrogens with one attached hydrogen (secondary N) is 1. The van der Waals surface area contributed by atoms with Gasteiger partial charge in [-0.2, -0.15) is 0 Å². The molecule has 3 aromatic carbocycles. The molecule has 32 heavy (non-hydrogen) atoms. The van der Waals surface area contributed by atoms with E-state index in [1.807, 2.05) is 36.4 Å². The number of nitro benzene ring substituents is 1. The molecular formula is C25H20N2O5. The molecule has 7 nitrogen and oxygen atoms in total. The molecule has 1 aliphatic carbocycles. The van der Waals surface area contributed by atoms with Gasteiger partial charge >= 0.3 is 6.09 Å². The van der Waals surface area contributed by atoms with E-state index in [0.29, 0.717) is 5.56 Å². The fraction of sp³-hybridized carbons (Fsp3) is 0.160. The molecule has 1 amide bonds. The van der Waals surface area contributed by atoms with Crippen molar-refractivity contribution in [2.75, 3.05) is 13.2 Å². The van der Waals surface area contributed by atoms with Gasteiger partial charge in [0.25, 0.3) is 5.69 Å². The molecule has 4 rings (SSSR count). The summed E-state index contributed by atoms with van der Waals surface area (Å²) < 4.78 is 5.44. The Morgan fingerprint density at radius 2 is 1.72 bits per heavy atom. The number of aliphatic hydroxyl groups is 1. The quantitative estimate of drug-likeness (QED) is 0.364. The monoisotopic (exact) mass is 428 g/mol. The summed E-state index contributed by atoms with van der Waals surface area (Å²) in [5.41, 5.74) is 5.03. The zero-order valence-electron chi connectivity index (χ0n) is 17.1. The second-order valence-electron chi connectivity index (χ2n) is 7.24. The van der Waals surface area contributed by atoms with Crippen LogP contribution in [0.1, 0.15) is 28.2 Å². The summed E-state index contributed by atoms with van der Waals surface area (Å²) in [5, 5.41) is 22.8. The molecule has 160 valence electrons. The lowest BCUT2D eigenvalue weighted by molar-refractivity contribution is -0.385. The number of nitro groups is 1. The van der Waals surface area contributed by atoms with Crippen molar-refractivity contribution >= 4 is 11.8 Å². The van der Waals surface area contributed by atoms with Crippen molar-refractivity contribution in [2.24, 2.45) is 0 Å². The zero-order valence-corrected chi connectivity index (χ0v) is 17.1. The van der Waals surface area contributed by atoms with Crippen LogP contribution in [0.3, 0.4) is 0 Å². The van der Waals surface area contributed by atoms with E-state index in [1.165, 1.54) is 12.1 Å². The van der Waals surface area contributed by atoms with Crippen LogP contribution in [-0.2, 0) is 11.3 Å². The molecule has 2 N–H and O–H groups in total. The van der Waals surface area contributed by atoms with Crippen LogP contribution in [-0.4, -0.2) is 29.3 Å². The van der Waals surface area contributed by atoms with Crippen LogP contribution in [0, 0.1) is 22.0 Å². The topological polar surface area (TPSA) is 102 Å². The van der Waals surface area contributed by atoms with Crippen molar-refractivity contribution in [2.45, 2.75) is 12.5 Å². The lowest BCUT2D eigenvalue weighted by Crippen LogP contribution is -2.26. The molecule has 0 bridgehead atoms. The lowest BCUT2D eigenvalue weighted by Gasteiger charge is -2.14. The van der Waals surface area contributed by atoms with Crippen molar-refractivity contribution in [1.29, 1.82) is 0 Å². The second kappa shape index (κ2) is 9.33. The van der Waals surface area contributed by atoms with Crippen molar-refractivity contribution in [3.05, 3.63) is 99.1 Å². The number of aliphatic hydroxyl groups excluding tert-OH is 1. The fourth-order valence-corrected chi connectivity index (χ4v) is 3.86. The number of fused-ring (bicyclic) bond motifs is 3. The summed E-state index contributed by atoms with van der Waals surface area (Å²) >= 11 is 0. The molecule has 7 heteroatoms. The first kappa shape index (κ1) is 21.1. The number of ether oxygens (including phenoxy) is 1. The molecule has 3 aromatic rings. The van der Waals surface area contributed by atoms with Crippen LogP contribution in [0.15, 0.2) is 66.7 Å². The minimum Gasteiger partial charge on any atom is -0.449 e. The van der Waals surface area contributed by atoms with Gasteiger partial charge in [-0.25, -0.2) is 4.79 Å². The Kier molecular flexibility index (Phi) is 6.15. The molecule has 0 radical (unpaired) electrons. The molecule has 0 unspecified atom stereocenters. The van der Waals surface area contributed by atoms with Crippen molar-refractivity contribution in [3.63, 3.8) is 0 Å². The SMILES string of the molecule is O=C(NCC#Cc1ccc(CO)c([N+](=O)[O-])c1)OCC1c2ccccc2-c2ccccc21. The number of nitrogens with zero attached hydrogens (tertiary/aromatic N) is 1. The van der Waals surface area contributed by atoms with Crippen molar-refractivity contribution in [3.8, 4) is 23.0 Å². The number of amides is 1. The number of alkyl carbamates (subject to hydrolysis) is 1. The summed E-state index contributed by atoms with van der Waals surface area (Å²) in [6.07, 6.45) is -0.581. The number of carbonyl (C=O) groups is 1. The highest BCUT2D eigenvalue weighted by Gasteiger charge is 2.28. The van der Waals surface area contributed by atoms with Gasteiger partial charge in [-0.3, -0.25) is 10.1 Å². The van der Waals surface area contributed by atoms with Crippen LogP contribution >= 0.6 is 0 Å². The van der Waals surface area contributed by atoms with E-state index >= 15 is 0 Å². The Labute approximate surface area is 184 Å². The van der Waals surface area contributed by atoms with Crippen LogP contribution in [0.25, 0.3) is 11.1 Å². The lowest BCUT2D eigenvalue weighted by atomic mass is 9.98. The highest BCUT2D eigenvalue weighted by molar-refractivity contribution is 5.79. The van der Waals surface area contributed by atoms with E-state index in [0.717, 1.165) is 22.3 Å². The van der Waals surface area contributed by atoms with Gasteiger partial charge in [0.2, 0.25) is 0 Å². The average molecular weight is 428 g/mol. The molecule has 0 spiro atoms. The summed E-state index contributed by atoms with van der Waals surface area (Å²) in [4.78, 5) is 22.6. The van der Waals surface area contributed by atoms with Gasteiger partial charge in [-0.1, -0.05) is 60.4 Å². The minimum absolute atomic E-state index is 0.0233. The minimum atomic E-state index is -0.581. The zero-order chi connectivity index (χ0) is 22.5. The van der Waals surface area contributed by atoms with Gasteiger partial charge in [0.15, 0.2) is 0 Å². The average Bonchev–Trinajstić information content (AvgIpc) is 3.14. The fourth-order valence-electron chi connectivity index (χ4n) is 3.86. The van der Waals surface area contributed by atoms with E-state index in [2.05, 4.69) is 29.3 Å². The third-order valence-electron chi connectivity index (χ3n) is 5.35. The standard InChI is InChI=1S/C25H20N2O5/c28-15-18-12-11-17(14-24(18)27(30)31)6-5-13-26-25(29)32-16-23-21-9-3-1-7-19(21)20-8-2-4-10-22(20)23/h1-4,7-12,14,23,28H,13,15-16H2,(H,26,29). The second-order valence-corrected chi connectivity index (χ2v) is 7.24. The predicted molar refractivity (Wildman–Crippen MR) is 119 cm³/mol.